The van der Waals surface area contributed by atoms with Crippen LogP contribution in [0.3, 0.4) is 0 Å². The highest BCUT2D eigenvalue weighted by molar-refractivity contribution is 5.60. The smallest absolute Gasteiger partial charge is 0.147 e. The maximum atomic E-state index is 9.49. The number of nitrogens with zero attached hydrogens (tertiary/aromatic N) is 4. The quantitative estimate of drug-likeness (QED) is 0.849. The van der Waals surface area contributed by atoms with Gasteiger partial charge in [0.2, 0.25) is 0 Å². The van der Waals surface area contributed by atoms with Crippen LogP contribution in [0.5, 0.6) is 0 Å². The molecule has 4 heteroatoms. The largest absolute Gasteiger partial charge is 0.368 e. The minimum atomic E-state index is 0.709. The van der Waals surface area contributed by atoms with Gasteiger partial charge in [-0.25, -0.2) is 4.98 Å². The molecule has 0 N–H and O–H groups in total. The number of anilines is 2. The number of benzene rings is 1. The molecule has 0 amide bonds. The van der Waals surface area contributed by atoms with Crippen LogP contribution in [-0.2, 0) is 0 Å². The van der Waals surface area contributed by atoms with Gasteiger partial charge in [-0.2, -0.15) is 5.26 Å². The molecule has 2 heterocycles. The fraction of sp³-hybridized carbons (Fsp3) is 0.400. The summed E-state index contributed by atoms with van der Waals surface area (Å²) in [6.07, 6.45) is 0. The van der Waals surface area contributed by atoms with Gasteiger partial charge in [0, 0.05) is 37.6 Å². The third kappa shape index (κ3) is 3.07. The molecule has 24 heavy (non-hydrogen) atoms. The molecule has 1 aromatic carbocycles. The first kappa shape index (κ1) is 16.3. The normalized spacial score (nSPS) is 14.6. The van der Waals surface area contributed by atoms with Gasteiger partial charge in [-0.3, -0.25) is 0 Å². The second-order valence-electron chi connectivity index (χ2n) is 6.65. The topological polar surface area (TPSA) is 43.2 Å². The molecule has 2 aromatic rings. The van der Waals surface area contributed by atoms with E-state index in [-0.39, 0.29) is 0 Å². The molecular formula is C20H24N4. The minimum absolute atomic E-state index is 0.709. The summed E-state index contributed by atoms with van der Waals surface area (Å²) < 4.78 is 0. The fourth-order valence-corrected chi connectivity index (χ4v) is 3.50. The first-order valence-corrected chi connectivity index (χ1v) is 8.45. The maximum absolute atomic E-state index is 9.49. The van der Waals surface area contributed by atoms with E-state index in [1.165, 1.54) is 16.8 Å². The van der Waals surface area contributed by atoms with Crippen molar-refractivity contribution >= 4 is 11.5 Å². The van der Waals surface area contributed by atoms with Crippen molar-refractivity contribution in [2.75, 3.05) is 36.0 Å². The van der Waals surface area contributed by atoms with Crippen molar-refractivity contribution in [1.29, 1.82) is 5.26 Å². The molecule has 0 spiro atoms. The van der Waals surface area contributed by atoms with Crippen molar-refractivity contribution in [1.82, 2.24) is 4.98 Å². The number of hydrogen-bond donors (Lipinski definition) is 0. The number of aryl methyl sites for hydroxylation is 4. The molecule has 0 bridgehead atoms. The van der Waals surface area contributed by atoms with E-state index in [9.17, 15) is 5.26 Å². The second kappa shape index (κ2) is 6.52. The Morgan fingerprint density at radius 2 is 1.58 bits per heavy atom. The summed E-state index contributed by atoms with van der Waals surface area (Å²) >= 11 is 0. The highest BCUT2D eigenvalue weighted by Crippen LogP contribution is 2.26. The number of nitriles is 1. The third-order valence-electron chi connectivity index (χ3n) is 4.71. The Balaban J connectivity index is 1.80. The van der Waals surface area contributed by atoms with Crippen molar-refractivity contribution in [3.05, 3.63) is 52.2 Å². The fourth-order valence-electron chi connectivity index (χ4n) is 3.50. The van der Waals surface area contributed by atoms with Crippen LogP contribution in [-0.4, -0.2) is 31.2 Å². The van der Waals surface area contributed by atoms with E-state index >= 15 is 0 Å². The zero-order chi connectivity index (χ0) is 17.3. The second-order valence-corrected chi connectivity index (χ2v) is 6.65. The molecule has 0 unspecified atom stereocenters. The number of pyridine rings is 1. The lowest BCUT2D eigenvalue weighted by atomic mass is 10.1. The molecule has 3 rings (SSSR count). The number of hydrogen-bond acceptors (Lipinski definition) is 4. The average molecular weight is 320 g/mol. The van der Waals surface area contributed by atoms with Gasteiger partial charge in [-0.05, 0) is 51.0 Å². The predicted molar refractivity (Wildman–Crippen MR) is 98.8 cm³/mol. The van der Waals surface area contributed by atoms with Gasteiger partial charge in [0.25, 0.3) is 0 Å². The zero-order valence-electron chi connectivity index (χ0n) is 14.9. The SMILES string of the molecule is Cc1ccc(N2CCN(c3nc(C)cc(C)c3C#N)CC2)c(C)c1. The summed E-state index contributed by atoms with van der Waals surface area (Å²) in [5.74, 6) is 0.843. The van der Waals surface area contributed by atoms with E-state index < -0.39 is 0 Å². The van der Waals surface area contributed by atoms with Crippen molar-refractivity contribution < 1.29 is 0 Å². The Kier molecular flexibility index (Phi) is 4.44. The summed E-state index contributed by atoms with van der Waals surface area (Å²) in [5.41, 5.74) is 6.63. The average Bonchev–Trinajstić information content (AvgIpc) is 2.54. The van der Waals surface area contributed by atoms with Crippen LogP contribution < -0.4 is 9.80 Å². The standard InChI is InChI=1S/C20H24N4/c1-14-5-6-19(16(3)11-14)23-7-9-24(10-8-23)20-18(13-21)15(2)12-17(4)22-20/h5-6,11-12H,7-10H2,1-4H3. The van der Waals surface area contributed by atoms with E-state index in [0.717, 1.165) is 43.3 Å². The first-order valence-electron chi connectivity index (χ1n) is 8.45. The van der Waals surface area contributed by atoms with E-state index in [4.69, 9.17) is 0 Å². The third-order valence-corrected chi connectivity index (χ3v) is 4.71. The summed E-state index contributed by atoms with van der Waals surface area (Å²) in [7, 11) is 0. The molecule has 1 fully saturated rings. The van der Waals surface area contributed by atoms with Crippen LogP contribution in [0, 0.1) is 39.0 Å². The van der Waals surface area contributed by atoms with Crippen molar-refractivity contribution in [2.24, 2.45) is 0 Å². The van der Waals surface area contributed by atoms with Crippen LogP contribution >= 0.6 is 0 Å². The van der Waals surface area contributed by atoms with Crippen molar-refractivity contribution in [2.45, 2.75) is 27.7 Å². The summed E-state index contributed by atoms with van der Waals surface area (Å²) in [6, 6.07) is 10.9. The Labute approximate surface area is 144 Å². The van der Waals surface area contributed by atoms with Crippen LogP contribution in [0.2, 0.25) is 0 Å². The highest BCUT2D eigenvalue weighted by Gasteiger charge is 2.22. The lowest BCUT2D eigenvalue weighted by Gasteiger charge is -2.38. The predicted octanol–water partition coefficient (Wildman–Crippen LogP) is 3.51. The van der Waals surface area contributed by atoms with E-state index in [1.807, 2.05) is 19.9 Å². The van der Waals surface area contributed by atoms with Crippen LogP contribution in [0.4, 0.5) is 11.5 Å². The van der Waals surface area contributed by atoms with Gasteiger partial charge >= 0.3 is 0 Å². The monoisotopic (exact) mass is 320 g/mol. The number of piperazine rings is 1. The number of rotatable bonds is 2. The molecule has 1 saturated heterocycles. The molecule has 124 valence electrons. The van der Waals surface area contributed by atoms with Crippen LogP contribution in [0.15, 0.2) is 24.3 Å². The Morgan fingerprint density at radius 3 is 2.21 bits per heavy atom. The van der Waals surface area contributed by atoms with Gasteiger partial charge in [0.05, 0.1) is 5.56 Å². The van der Waals surface area contributed by atoms with Crippen molar-refractivity contribution in [3.8, 4) is 6.07 Å². The van der Waals surface area contributed by atoms with Gasteiger partial charge in [-0.15, -0.1) is 0 Å². The van der Waals surface area contributed by atoms with Crippen molar-refractivity contribution in [3.63, 3.8) is 0 Å². The molecule has 4 nitrogen and oxygen atoms in total. The van der Waals surface area contributed by atoms with E-state index in [1.54, 1.807) is 0 Å². The molecule has 0 saturated carbocycles. The molecule has 0 aliphatic carbocycles. The summed E-state index contributed by atoms with van der Waals surface area (Å²) in [6.45, 7) is 12.0. The van der Waals surface area contributed by atoms with Gasteiger partial charge in [0.1, 0.15) is 11.9 Å². The van der Waals surface area contributed by atoms with Crippen LogP contribution in [0.1, 0.15) is 27.9 Å². The highest BCUT2D eigenvalue weighted by atomic mass is 15.3. The lowest BCUT2D eigenvalue weighted by Crippen LogP contribution is -2.47. The van der Waals surface area contributed by atoms with Gasteiger partial charge in [-0.1, -0.05) is 17.7 Å². The lowest BCUT2D eigenvalue weighted by molar-refractivity contribution is 0.645. The zero-order valence-corrected chi connectivity index (χ0v) is 14.9. The molecule has 1 aliphatic heterocycles. The molecule has 0 radical (unpaired) electrons. The van der Waals surface area contributed by atoms with E-state index in [2.05, 4.69) is 52.9 Å². The minimum Gasteiger partial charge on any atom is -0.368 e. The summed E-state index contributed by atoms with van der Waals surface area (Å²) in [4.78, 5) is 9.32. The Hall–Kier alpha value is -2.54. The van der Waals surface area contributed by atoms with Gasteiger partial charge in [0.15, 0.2) is 0 Å². The Bertz CT molecular complexity index is 796. The molecule has 0 atom stereocenters. The Morgan fingerprint density at radius 1 is 0.917 bits per heavy atom. The molecular weight excluding hydrogens is 296 g/mol. The number of aromatic nitrogens is 1. The molecule has 1 aromatic heterocycles. The molecule has 1 aliphatic rings. The maximum Gasteiger partial charge on any atom is 0.147 e. The van der Waals surface area contributed by atoms with E-state index in [0.29, 0.717) is 5.56 Å². The van der Waals surface area contributed by atoms with Crippen LogP contribution in [0.25, 0.3) is 0 Å². The first-order chi connectivity index (χ1) is 11.5. The summed E-state index contributed by atoms with van der Waals surface area (Å²) in [5, 5.41) is 9.49. The van der Waals surface area contributed by atoms with Gasteiger partial charge < -0.3 is 9.80 Å².